The molecule has 2 aromatic heterocycles. The molecule has 0 amide bonds. The van der Waals surface area contributed by atoms with Crippen LogP contribution < -0.4 is 9.80 Å². The van der Waals surface area contributed by atoms with Crippen LogP contribution in [0, 0.1) is 0 Å². The molecule has 28 rings (SSSR count). The number of furan rings is 2. The van der Waals surface area contributed by atoms with E-state index in [0.717, 1.165) is 144 Å². The van der Waals surface area contributed by atoms with Crippen LogP contribution in [-0.4, -0.2) is 0 Å². The molecular formula is C134H84N2O2. The van der Waals surface area contributed by atoms with Crippen molar-refractivity contribution in [1.82, 2.24) is 0 Å². The SMILES string of the molecule is c1ccc(C2(c3ccc(-c4ccc5ccc6c(oc7cccc(-c8cccc(N(c9ccc(-c%10ccc%11c(ccc%12ccccc%12%11)c%10)cc9)c9ccc%10c(c9)C(c9ccccc9)(c9ccccc9)c9ccccc9-%10)c8)c76)c5c4)cc3)c3ccccc3-c3ccc(N(c4ccc(-c5cc6ccccc6c6ccccc56)cc4)c4cccc(-c5cccc6oc7c8ccccc8ccc7c56)c4)cc32)cc1. The van der Waals surface area contributed by atoms with Crippen molar-refractivity contribution in [2.75, 3.05) is 9.80 Å². The summed E-state index contributed by atoms with van der Waals surface area (Å²) in [6, 6.07) is 190. The molecule has 1 unspecified atom stereocenters. The van der Waals surface area contributed by atoms with Gasteiger partial charge >= 0.3 is 0 Å². The van der Waals surface area contributed by atoms with Crippen molar-refractivity contribution >= 4 is 143 Å². The molecule has 0 N–H and O–H groups in total. The number of benzene rings is 24. The molecule has 0 radical (unpaired) electrons. The fourth-order valence-electron chi connectivity index (χ4n) is 23.8. The summed E-state index contributed by atoms with van der Waals surface area (Å²) in [5, 5.41) is 18.7. The maximum Gasteiger partial charge on any atom is 0.143 e. The average Bonchev–Trinajstić information content (AvgIpc) is 1.53. The Labute approximate surface area is 798 Å². The van der Waals surface area contributed by atoms with E-state index in [2.05, 4.69) is 519 Å². The van der Waals surface area contributed by atoms with Crippen LogP contribution in [0.25, 0.3) is 186 Å². The second-order valence-corrected chi connectivity index (χ2v) is 37.1. The van der Waals surface area contributed by atoms with E-state index in [1.165, 1.54) is 121 Å². The molecule has 0 aliphatic heterocycles. The third-order valence-electron chi connectivity index (χ3n) is 30.0. The van der Waals surface area contributed by atoms with E-state index in [4.69, 9.17) is 8.83 Å². The summed E-state index contributed by atoms with van der Waals surface area (Å²) >= 11 is 0. The molecule has 138 heavy (non-hydrogen) atoms. The Bertz CT molecular complexity index is 9420. The van der Waals surface area contributed by atoms with Gasteiger partial charge in [0.15, 0.2) is 0 Å². The van der Waals surface area contributed by atoms with Crippen LogP contribution in [0.2, 0.25) is 0 Å². The molecule has 642 valence electrons. The van der Waals surface area contributed by atoms with Gasteiger partial charge in [-0.05, 0) is 292 Å². The van der Waals surface area contributed by atoms with Crippen LogP contribution in [0.4, 0.5) is 34.1 Å². The number of fused-ring (bicyclic) bond motifs is 22. The summed E-state index contributed by atoms with van der Waals surface area (Å²) in [6.07, 6.45) is 0. The second-order valence-electron chi connectivity index (χ2n) is 37.1. The number of hydrogen-bond donors (Lipinski definition) is 0. The number of hydrogen-bond acceptors (Lipinski definition) is 4. The minimum atomic E-state index is -0.744. The molecule has 0 saturated heterocycles. The minimum Gasteiger partial charge on any atom is -0.455 e. The van der Waals surface area contributed by atoms with Crippen molar-refractivity contribution < 1.29 is 8.83 Å². The van der Waals surface area contributed by atoms with E-state index >= 15 is 0 Å². The van der Waals surface area contributed by atoms with Crippen molar-refractivity contribution in [2.24, 2.45) is 0 Å². The smallest absolute Gasteiger partial charge is 0.143 e. The van der Waals surface area contributed by atoms with Crippen molar-refractivity contribution in [3.05, 3.63) is 554 Å². The van der Waals surface area contributed by atoms with E-state index in [1.807, 2.05) is 0 Å². The summed E-state index contributed by atoms with van der Waals surface area (Å²) in [5.41, 5.74) is 34.3. The zero-order valence-electron chi connectivity index (χ0n) is 75.2. The first-order valence-corrected chi connectivity index (χ1v) is 47.7. The summed E-state index contributed by atoms with van der Waals surface area (Å²) in [4.78, 5) is 4.92. The molecule has 4 nitrogen and oxygen atoms in total. The molecular weight excluding hydrogens is 1670 g/mol. The van der Waals surface area contributed by atoms with Gasteiger partial charge in [-0.25, -0.2) is 0 Å². The Balaban J connectivity index is 0.559. The van der Waals surface area contributed by atoms with E-state index in [1.54, 1.807) is 0 Å². The lowest BCUT2D eigenvalue weighted by molar-refractivity contribution is 0.672. The second kappa shape index (κ2) is 31.3. The maximum absolute atomic E-state index is 7.28. The van der Waals surface area contributed by atoms with Gasteiger partial charge < -0.3 is 18.6 Å². The summed E-state index contributed by atoms with van der Waals surface area (Å²) in [5.74, 6) is 0. The number of nitrogens with zero attached hydrogens (tertiary/aromatic N) is 2. The topological polar surface area (TPSA) is 32.8 Å². The Kier molecular flexibility index (Phi) is 17.9. The first kappa shape index (κ1) is 78.7. The third-order valence-corrected chi connectivity index (χ3v) is 30.0. The van der Waals surface area contributed by atoms with Crippen LogP contribution in [0.15, 0.2) is 518 Å². The van der Waals surface area contributed by atoms with Gasteiger partial charge in [0.05, 0.1) is 10.8 Å². The lowest BCUT2D eigenvalue weighted by Gasteiger charge is -2.35. The standard InChI is InChI=1S/C134H84N2O2/c1-4-31-97(32-5-1)133(98-33-6-2-7-34-98)123-48-20-18-44-115(123)117-76-71-105(83-125(117)133)135(101-67-58-86(59-68-101)91-64-73-109-96(78-91)55-53-87-26-10-13-39-107(87)109)103-37-23-30-94(80-103)111-47-25-51-128-130(111)120-75-63-90-52-54-92(81-122(90)132(120)138-128)85-56-65-100(66-57-85)134(99-35-8-3-9-36-99)124-49-21-19-45-116(124)118-77-72-106(84-126(118)134)136(102-69-60-89(61-70-102)121-82-95-28-12-14-40-108(95)113-42-16-17-43-114(113)121)104-38-22-29-93(79-104)110-46-24-50-127-129(110)119-74-62-88-27-11-15-41-112(88)131(119)137-127/h1-84H. The highest BCUT2D eigenvalue weighted by atomic mass is 16.3. The highest BCUT2D eigenvalue weighted by Crippen LogP contribution is 2.61. The van der Waals surface area contributed by atoms with Gasteiger partial charge in [-0.3, -0.25) is 0 Å². The number of anilines is 6. The van der Waals surface area contributed by atoms with E-state index in [0.29, 0.717) is 0 Å². The molecule has 2 aliphatic rings. The van der Waals surface area contributed by atoms with Gasteiger partial charge in [0.25, 0.3) is 0 Å². The van der Waals surface area contributed by atoms with Gasteiger partial charge in [-0.1, -0.05) is 394 Å². The predicted octanol–water partition coefficient (Wildman–Crippen LogP) is 36.4. The molecule has 1 atom stereocenters. The van der Waals surface area contributed by atoms with E-state index in [-0.39, 0.29) is 0 Å². The molecule has 0 fully saturated rings. The van der Waals surface area contributed by atoms with Crippen LogP contribution in [0.1, 0.15) is 44.5 Å². The first-order valence-electron chi connectivity index (χ1n) is 47.7. The predicted molar refractivity (Wildman–Crippen MR) is 577 cm³/mol. The van der Waals surface area contributed by atoms with Crippen molar-refractivity contribution in [3.8, 4) is 77.9 Å². The first-order chi connectivity index (χ1) is 68.4. The van der Waals surface area contributed by atoms with Gasteiger partial charge in [-0.2, -0.15) is 0 Å². The molecule has 0 spiro atoms. The lowest BCUT2D eigenvalue weighted by Crippen LogP contribution is -2.28. The monoisotopic (exact) mass is 1750 g/mol. The molecule has 2 aliphatic carbocycles. The highest BCUT2D eigenvalue weighted by molar-refractivity contribution is 6.22. The van der Waals surface area contributed by atoms with Gasteiger partial charge in [0, 0.05) is 66.4 Å². The van der Waals surface area contributed by atoms with Gasteiger partial charge in [0.1, 0.15) is 22.3 Å². The molecule has 0 saturated carbocycles. The highest BCUT2D eigenvalue weighted by Gasteiger charge is 2.48. The van der Waals surface area contributed by atoms with Crippen LogP contribution in [-0.2, 0) is 10.8 Å². The normalized spacial score (nSPS) is 13.6. The van der Waals surface area contributed by atoms with Crippen LogP contribution in [0.5, 0.6) is 0 Å². The zero-order valence-corrected chi connectivity index (χ0v) is 75.2. The van der Waals surface area contributed by atoms with Crippen molar-refractivity contribution in [3.63, 3.8) is 0 Å². The largest absolute Gasteiger partial charge is 0.455 e. The Morgan fingerprint density at radius 2 is 0.500 bits per heavy atom. The van der Waals surface area contributed by atoms with E-state index in [9.17, 15) is 0 Å². The van der Waals surface area contributed by atoms with Crippen LogP contribution in [0.3, 0.4) is 0 Å². The van der Waals surface area contributed by atoms with Crippen molar-refractivity contribution in [2.45, 2.75) is 10.8 Å². The minimum absolute atomic E-state index is 0.603. The Morgan fingerprint density at radius 3 is 1.06 bits per heavy atom. The fraction of sp³-hybridized carbons (Fsp3) is 0.0149. The van der Waals surface area contributed by atoms with Gasteiger partial charge in [-0.15, -0.1) is 0 Å². The third kappa shape index (κ3) is 12.1. The van der Waals surface area contributed by atoms with Crippen molar-refractivity contribution in [1.29, 1.82) is 0 Å². The van der Waals surface area contributed by atoms with Crippen LogP contribution >= 0.6 is 0 Å². The molecule has 24 aromatic carbocycles. The molecule has 2 heterocycles. The van der Waals surface area contributed by atoms with E-state index < -0.39 is 10.8 Å². The molecule has 0 bridgehead atoms. The maximum atomic E-state index is 7.28. The quantitative estimate of drug-likeness (QED) is 0.0958. The summed E-state index contributed by atoms with van der Waals surface area (Å²) < 4.78 is 14.1. The molecule has 26 aromatic rings. The summed E-state index contributed by atoms with van der Waals surface area (Å²) in [6.45, 7) is 0. The Hall–Kier alpha value is -18.0. The molecule has 4 heteroatoms. The zero-order chi connectivity index (χ0) is 90.7. The fourth-order valence-corrected chi connectivity index (χ4v) is 23.8. The Morgan fingerprint density at radius 1 is 0.152 bits per heavy atom. The average molecular weight is 1750 g/mol. The van der Waals surface area contributed by atoms with Gasteiger partial charge in [0.2, 0.25) is 0 Å². The number of rotatable bonds is 15. The summed E-state index contributed by atoms with van der Waals surface area (Å²) in [7, 11) is 0. The lowest BCUT2D eigenvalue weighted by atomic mass is 9.67.